The van der Waals surface area contributed by atoms with E-state index in [1.807, 2.05) is 0 Å². The number of hydrogen-bond donors (Lipinski definition) is 0. The SMILES string of the molecule is Cc1ccc(N2CCCCC2)c2ccccc12.Cl. The molecule has 0 atom stereocenters. The molecule has 2 heteroatoms. The Kier molecular flexibility index (Phi) is 4.13. The van der Waals surface area contributed by atoms with Gasteiger partial charge in [-0.25, -0.2) is 0 Å². The lowest BCUT2D eigenvalue weighted by atomic mass is 10.0. The Morgan fingerprint density at radius 3 is 2.22 bits per heavy atom. The van der Waals surface area contributed by atoms with Gasteiger partial charge in [0, 0.05) is 24.2 Å². The number of halogens is 1. The summed E-state index contributed by atoms with van der Waals surface area (Å²) in [6, 6.07) is 13.3. The molecule has 0 aliphatic carbocycles. The zero-order valence-electron chi connectivity index (χ0n) is 10.9. The summed E-state index contributed by atoms with van der Waals surface area (Å²) in [5.74, 6) is 0. The van der Waals surface area contributed by atoms with Crippen molar-refractivity contribution in [2.24, 2.45) is 0 Å². The van der Waals surface area contributed by atoms with Crippen molar-refractivity contribution < 1.29 is 0 Å². The van der Waals surface area contributed by atoms with E-state index in [0.29, 0.717) is 0 Å². The third-order valence-electron chi connectivity index (χ3n) is 3.82. The van der Waals surface area contributed by atoms with Crippen LogP contribution in [0, 0.1) is 6.92 Å². The lowest BCUT2D eigenvalue weighted by Crippen LogP contribution is -2.29. The first kappa shape index (κ1) is 13.2. The molecule has 1 nitrogen and oxygen atoms in total. The molecule has 0 unspecified atom stereocenters. The Bertz CT molecular complexity index is 530. The van der Waals surface area contributed by atoms with Gasteiger partial charge in [0.1, 0.15) is 0 Å². The van der Waals surface area contributed by atoms with Crippen molar-refractivity contribution in [1.29, 1.82) is 0 Å². The van der Waals surface area contributed by atoms with Crippen molar-refractivity contribution in [3.8, 4) is 0 Å². The minimum Gasteiger partial charge on any atom is -0.371 e. The lowest BCUT2D eigenvalue weighted by molar-refractivity contribution is 0.579. The normalized spacial score (nSPS) is 15.5. The van der Waals surface area contributed by atoms with Gasteiger partial charge in [-0.1, -0.05) is 30.3 Å². The molecule has 1 aliphatic heterocycles. The summed E-state index contributed by atoms with van der Waals surface area (Å²) in [5, 5.41) is 2.81. The lowest BCUT2D eigenvalue weighted by Gasteiger charge is -2.30. The molecule has 0 amide bonds. The maximum atomic E-state index is 2.55. The first-order valence-corrected chi connectivity index (χ1v) is 6.59. The Balaban J connectivity index is 0.00000120. The minimum absolute atomic E-state index is 0. The Hall–Kier alpha value is -1.21. The first-order chi connectivity index (χ1) is 8.36. The van der Waals surface area contributed by atoms with E-state index in [9.17, 15) is 0 Å². The van der Waals surface area contributed by atoms with Gasteiger partial charge in [-0.3, -0.25) is 0 Å². The minimum atomic E-state index is 0. The summed E-state index contributed by atoms with van der Waals surface area (Å²) in [7, 11) is 0. The van der Waals surface area contributed by atoms with E-state index in [-0.39, 0.29) is 12.4 Å². The number of benzene rings is 2. The highest BCUT2D eigenvalue weighted by atomic mass is 35.5. The Morgan fingerprint density at radius 2 is 1.50 bits per heavy atom. The van der Waals surface area contributed by atoms with Crippen LogP contribution >= 0.6 is 12.4 Å². The van der Waals surface area contributed by atoms with Gasteiger partial charge in [-0.2, -0.15) is 0 Å². The number of hydrogen-bond acceptors (Lipinski definition) is 1. The molecule has 3 rings (SSSR count). The molecule has 2 aromatic rings. The Morgan fingerprint density at radius 1 is 0.833 bits per heavy atom. The highest BCUT2D eigenvalue weighted by molar-refractivity contribution is 5.96. The van der Waals surface area contributed by atoms with E-state index >= 15 is 0 Å². The fraction of sp³-hybridized carbons (Fsp3) is 0.375. The summed E-state index contributed by atoms with van der Waals surface area (Å²) in [4.78, 5) is 2.55. The Labute approximate surface area is 115 Å². The van der Waals surface area contributed by atoms with Crippen LogP contribution in [0.1, 0.15) is 24.8 Å². The fourth-order valence-corrected chi connectivity index (χ4v) is 2.84. The molecule has 0 spiro atoms. The van der Waals surface area contributed by atoms with Crippen molar-refractivity contribution in [2.45, 2.75) is 26.2 Å². The second kappa shape index (κ2) is 5.62. The summed E-state index contributed by atoms with van der Waals surface area (Å²) < 4.78 is 0. The van der Waals surface area contributed by atoms with Gasteiger partial charge in [-0.15, -0.1) is 12.4 Å². The molecule has 2 aromatic carbocycles. The van der Waals surface area contributed by atoms with Crippen LogP contribution in [0.2, 0.25) is 0 Å². The van der Waals surface area contributed by atoms with Gasteiger partial charge in [-0.05, 0) is 43.2 Å². The van der Waals surface area contributed by atoms with Crippen molar-refractivity contribution in [3.05, 3.63) is 42.0 Å². The van der Waals surface area contributed by atoms with Crippen LogP contribution in [0.4, 0.5) is 5.69 Å². The van der Waals surface area contributed by atoms with Crippen molar-refractivity contribution in [1.82, 2.24) is 0 Å². The van der Waals surface area contributed by atoms with Crippen molar-refractivity contribution in [3.63, 3.8) is 0 Å². The zero-order valence-corrected chi connectivity index (χ0v) is 11.7. The number of aryl methyl sites for hydroxylation is 1. The second-order valence-corrected chi connectivity index (χ2v) is 4.99. The monoisotopic (exact) mass is 261 g/mol. The number of anilines is 1. The van der Waals surface area contributed by atoms with E-state index < -0.39 is 0 Å². The number of fused-ring (bicyclic) bond motifs is 1. The largest absolute Gasteiger partial charge is 0.371 e. The fourth-order valence-electron chi connectivity index (χ4n) is 2.84. The topological polar surface area (TPSA) is 3.24 Å². The van der Waals surface area contributed by atoms with Crippen molar-refractivity contribution in [2.75, 3.05) is 18.0 Å². The maximum Gasteiger partial charge on any atom is 0.0446 e. The summed E-state index contributed by atoms with van der Waals surface area (Å²) in [5.41, 5.74) is 2.80. The van der Waals surface area contributed by atoms with Crippen LogP contribution in [-0.4, -0.2) is 13.1 Å². The summed E-state index contributed by atoms with van der Waals surface area (Å²) in [6.45, 7) is 4.63. The third-order valence-corrected chi connectivity index (χ3v) is 3.82. The van der Waals surface area contributed by atoms with Gasteiger partial charge in [0.15, 0.2) is 0 Å². The van der Waals surface area contributed by atoms with Crippen LogP contribution in [0.25, 0.3) is 10.8 Å². The molecule has 18 heavy (non-hydrogen) atoms. The van der Waals surface area contributed by atoms with Crippen LogP contribution < -0.4 is 4.90 Å². The van der Waals surface area contributed by atoms with E-state index in [4.69, 9.17) is 0 Å². The molecule has 0 aromatic heterocycles. The predicted molar refractivity (Wildman–Crippen MR) is 82.0 cm³/mol. The molecule has 1 saturated heterocycles. The predicted octanol–water partition coefficient (Wildman–Crippen LogP) is 4.56. The van der Waals surface area contributed by atoms with Crippen LogP contribution in [-0.2, 0) is 0 Å². The average Bonchev–Trinajstić information content (AvgIpc) is 2.41. The molecule has 1 fully saturated rings. The molecule has 0 radical (unpaired) electrons. The molecule has 0 bridgehead atoms. The zero-order chi connectivity index (χ0) is 11.7. The van der Waals surface area contributed by atoms with Gasteiger partial charge < -0.3 is 4.90 Å². The van der Waals surface area contributed by atoms with E-state index in [2.05, 4.69) is 48.2 Å². The van der Waals surface area contributed by atoms with Crippen LogP contribution in [0.15, 0.2) is 36.4 Å². The molecule has 0 saturated carbocycles. The summed E-state index contributed by atoms with van der Waals surface area (Å²) in [6.07, 6.45) is 4.06. The highest BCUT2D eigenvalue weighted by Crippen LogP contribution is 2.30. The number of nitrogens with zero attached hydrogens (tertiary/aromatic N) is 1. The molecular formula is C16H20ClN. The molecule has 96 valence electrons. The third kappa shape index (κ3) is 2.32. The summed E-state index contributed by atoms with van der Waals surface area (Å²) >= 11 is 0. The quantitative estimate of drug-likeness (QED) is 0.727. The standard InChI is InChI=1S/C16H19N.ClH/c1-13-9-10-16(17-11-5-2-6-12-17)15-8-4-3-7-14(13)15;/h3-4,7-10H,2,5-6,11-12H2,1H3;1H. The van der Waals surface area contributed by atoms with E-state index in [1.165, 1.54) is 54.4 Å². The van der Waals surface area contributed by atoms with Gasteiger partial charge in [0.25, 0.3) is 0 Å². The molecule has 0 N–H and O–H groups in total. The molecular weight excluding hydrogens is 242 g/mol. The van der Waals surface area contributed by atoms with Gasteiger partial charge in [0.2, 0.25) is 0 Å². The van der Waals surface area contributed by atoms with Crippen LogP contribution in [0.3, 0.4) is 0 Å². The van der Waals surface area contributed by atoms with Crippen molar-refractivity contribution >= 4 is 28.9 Å². The first-order valence-electron chi connectivity index (χ1n) is 6.59. The van der Waals surface area contributed by atoms with Gasteiger partial charge >= 0.3 is 0 Å². The van der Waals surface area contributed by atoms with E-state index in [0.717, 1.165) is 0 Å². The van der Waals surface area contributed by atoms with Crippen LogP contribution in [0.5, 0.6) is 0 Å². The number of rotatable bonds is 1. The smallest absolute Gasteiger partial charge is 0.0446 e. The number of piperidine rings is 1. The maximum absolute atomic E-state index is 2.55. The molecule has 1 aliphatic rings. The average molecular weight is 262 g/mol. The molecule has 1 heterocycles. The van der Waals surface area contributed by atoms with Gasteiger partial charge in [0.05, 0.1) is 0 Å². The highest BCUT2D eigenvalue weighted by Gasteiger charge is 2.13. The second-order valence-electron chi connectivity index (χ2n) is 4.99. The van der Waals surface area contributed by atoms with E-state index in [1.54, 1.807) is 0 Å².